The van der Waals surface area contributed by atoms with Crippen LogP contribution in [0.3, 0.4) is 0 Å². The number of rotatable bonds is 2. The number of hydrogen-bond acceptors (Lipinski definition) is 2. The minimum absolute atomic E-state index is 0.0152. The molecule has 1 aromatic rings. The van der Waals surface area contributed by atoms with Crippen molar-refractivity contribution in [2.24, 2.45) is 0 Å². The second kappa shape index (κ2) is 4.10. The molecule has 0 saturated heterocycles. The maximum Gasteiger partial charge on any atom is 0.272 e. The van der Waals surface area contributed by atoms with Crippen molar-refractivity contribution >= 4 is 23.4 Å². The molecule has 3 nitrogen and oxygen atoms in total. The van der Waals surface area contributed by atoms with Crippen LogP contribution in [0.2, 0.25) is 0 Å². The smallest absolute Gasteiger partial charge is 0.270 e. The van der Waals surface area contributed by atoms with E-state index in [1.807, 2.05) is 31.2 Å². The van der Waals surface area contributed by atoms with Crippen LogP contribution in [0, 0.1) is 6.92 Å². The molecule has 2 amide bonds. The average Bonchev–Trinajstić information content (AvgIpc) is 2.48. The summed E-state index contributed by atoms with van der Waals surface area (Å²) >= 11 is 5.61. The van der Waals surface area contributed by atoms with Crippen molar-refractivity contribution in [1.82, 2.24) is 4.90 Å². The van der Waals surface area contributed by atoms with Crippen LogP contribution in [0.15, 0.2) is 35.4 Å². The van der Waals surface area contributed by atoms with E-state index in [0.29, 0.717) is 0 Å². The van der Waals surface area contributed by atoms with Crippen molar-refractivity contribution in [2.75, 3.05) is 0 Å². The zero-order valence-corrected chi connectivity index (χ0v) is 9.49. The number of hydrogen-bond donors (Lipinski definition) is 0. The number of amides is 2. The lowest BCUT2D eigenvalue weighted by Gasteiger charge is -2.15. The molecule has 0 aromatic heterocycles. The first-order chi connectivity index (χ1) is 7.59. The number of imide groups is 1. The zero-order valence-electron chi connectivity index (χ0n) is 8.74. The Labute approximate surface area is 98.3 Å². The van der Waals surface area contributed by atoms with Crippen LogP contribution in [0.4, 0.5) is 0 Å². The third-order valence-electron chi connectivity index (χ3n) is 2.56. The van der Waals surface area contributed by atoms with Crippen LogP contribution in [0.5, 0.6) is 0 Å². The maximum atomic E-state index is 11.5. The van der Waals surface area contributed by atoms with Crippen LogP contribution in [0.25, 0.3) is 0 Å². The fraction of sp³-hybridized carbons (Fsp3) is 0.167. The van der Waals surface area contributed by atoms with Gasteiger partial charge >= 0.3 is 0 Å². The van der Waals surface area contributed by atoms with Gasteiger partial charge in [-0.3, -0.25) is 14.5 Å². The predicted molar refractivity (Wildman–Crippen MR) is 60.7 cm³/mol. The summed E-state index contributed by atoms with van der Waals surface area (Å²) in [5.41, 5.74) is 2.00. The molecule has 0 N–H and O–H groups in total. The molecule has 0 saturated carbocycles. The summed E-state index contributed by atoms with van der Waals surface area (Å²) in [5.74, 6) is -0.770. The van der Waals surface area contributed by atoms with E-state index in [1.54, 1.807) is 0 Å². The van der Waals surface area contributed by atoms with Gasteiger partial charge in [0.05, 0.1) is 6.54 Å². The molecule has 0 radical (unpaired) electrons. The summed E-state index contributed by atoms with van der Waals surface area (Å²) in [6.07, 6.45) is 1.15. The van der Waals surface area contributed by atoms with Crippen LogP contribution in [0.1, 0.15) is 11.1 Å². The third kappa shape index (κ3) is 1.86. The minimum Gasteiger partial charge on any atom is -0.270 e. The highest BCUT2D eigenvalue weighted by Gasteiger charge is 2.29. The Hall–Kier alpha value is -1.61. The second-order valence-electron chi connectivity index (χ2n) is 3.65. The number of aryl methyl sites for hydroxylation is 1. The Morgan fingerprint density at radius 2 is 1.94 bits per heavy atom. The van der Waals surface area contributed by atoms with Crippen molar-refractivity contribution in [3.8, 4) is 0 Å². The molecule has 0 atom stereocenters. The van der Waals surface area contributed by atoms with Crippen molar-refractivity contribution < 1.29 is 9.59 Å². The Balaban J connectivity index is 2.22. The highest BCUT2D eigenvalue weighted by Crippen LogP contribution is 2.20. The summed E-state index contributed by atoms with van der Waals surface area (Å²) in [6.45, 7) is 2.21. The van der Waals surface area contributed by atoms with Crippen LogP contribution < -0.4 is 0 Å². The molecule has 0 bridgehead atoms. The monoisotopic (exact) mass is 235 g/mol. The van der Waals surface area contributed by atoms with E-state index in [9.17, 15) is 9.59 Å². The van der Waals surface area contributed by atoms with Gasteiger partial charge in [0.15, 0.2) is 0 Å². The first kappa shape index (κ1) is 10.9. The first-order valence-electron chi connectivity index (χ1n) is 4.87. The van der Waals surface area contributed by atoms with E-state index in [-0.39, 0.29) is 17.5 Å². The normalized spacial score (nSPS) is 15.6. The van der Waals surface area contributed by atoms with Crippen molar-refractivity contribution in [1.29, 1.82) is 0 Å². The Morgan fingerprint density at radius 1 is 1.25 bits per heavy atom. The Bertz CT molecular complexity index is 494. The van der Waals surface area contributed by atoms with Gasteiger partial charge in [-0.1, -0.05) is 35.9 Å². The molecule has 1 aliphatic heterocycles. The molecule has 4 heteroatoms. The molecule has 1 aromatic carbocycles. The third-order valence-corrected chi connectivity index (χ3v) is 2.83. The standard InChI is InChI=1S/C12H10ClNO2/c1-8-4-2-3-5-9(8)7-14-11(15)6-10(13)12(14)16/h2-6H,7H2,1H3. The fourth-order valence-corrected chi connectivity index (χ4v) is 1.78. The van der Waals surface area contributed by atoms with Gasteiger partial charge in [-0.15, -0.1) is 0 Å². The van der Waals surface area contributed by atoms with Gasteiger partial charge in [0, 0.05) is 6.08 Å². The van der Waals surface area contributed by atoms with Gasteiger partial charge in [0.2, 0.25) is 0 Å². The van der Waals surface area contributed by atoms with E-state index >= 15 is 0 Å². The minimum atomic E-state index is -0.421. The lowest BCUT2D eigenvalue weighted by Crippen LogP contribution is -2.30. The molecule has 0 spiro atoms. The van der Waals surface area contributed by atoms with E-state index in [2.05, 4.69) is 0 Å². The molecule has 82 valence electrons. The first-order valence-corrected chi connectivity index (χ1v) is 5.25. The van der Waals surface area contributed by atoms with Gasteiger partial charge in [-0.2, -0.15) is 0 Å². The molecule has 16 heavy (non-hydrogen) atoms. The summed E-state index contributed by atoms with van der Waals surface area (Å²) in [4.78, 5) is 24.1. The number of carbonyl (C=O) groups is 2. The van der Waals surface area contributed by atoms with Gasteiger partial charge in [-0.05, 0) is 18.1 Å². The number of halogens is 1. The van der Waals surface area contributed by atoms with E-state index in [4.69, 9.17) is 11.6 Å². The molecule has 0 aliphatic carbocycles. The highest BCUT2D eigenvalue weighted by molar-refractivity contribution is 6.46. The lowest BCUT2D eigenvalue weighted by atomic mass is 10.1. The average molecular weight is 236 g/mol. The van der Waals surface area contributed by atoms with Crippen molar-refractivity contribution in [3.05, 3.63) is 46.5 Å². The number of benzene rings is 1. The molecule has 1 heterocycles. The van der Waals surface area contributed by atoms with Gasteiger partial charge < -0.3 is 0 Å². The highest BCUT2D eigenvalue weighted by atomic mass is 35.5. The quantitative estimate of drug-likeness (QED) is 0.736. The van der Waals surface area contributed by atoms with Crippen LogP contribution >= 0.6 is 11.6 Å². The van der Waals surface area contributed by atoms with Gasteiger partial charge in [0.25, 0.3) is 11.8 Å². The van der Waals surface area contributed by atoms with Crippen LogP contribution in [-0.4, -0.2) is 16.7 Å². The Morgan fingerprint density at radius 3 is 2.50 bits per heavy atom. The SMILES string of the molecule is Cc1ccccc1CN1C(=O)C=C(Cl)C1=O. The van der Waals surface area contributed by atoms with E-state index in [1.165, 1.54) is 0 Å². The zero-order chi connectivity index (χ0) is 11.7. The predicted octanol–water partition coefficient (Wildman–Crippen LogP) is 1.99. The molecular formula is C12H10ClNO2. The summed E-state index contributed by atoms with van der Waals surface area (Å²) < 4.78 is 0. The molecule has 0 unspecified atom stereocenters. The largest absolute Gasteiger partial charge is 0.272 e. The molecule has 0 fully saturated rings. The number of carbonyl (C=O) groups excluding carboxylic acids is 2. The van der Waals surface area contributed by atoms with Gasteiger partial charge in [-0.25, -0.2) is 0 Å². The van der Waals surface area contributed by atoms with E-state index < -0.39 is 5.91 Å². The second-order valence-corrected chi connectivity index (χ2v) is 4.06. The molecule has 1 aliphatic rings. The lowest BCUT2D eigenvalue weighted by molar-refractivity contribution is -0.137. The fourth-order valence-electron chi connectivity index (χ4n) is 1.58. The molecular weight excluding hydrogens is 226 g/mol. The summed E-state index contributed by atoms with van der Waals surface area (Å²) in [6, 6.07) is 7.62. The van der Waals surface area contributed by atoms with Crippen molar-refractivity contribution in [3.63, 3.8) is 0 Å². The van der Waals surface area contributed by atoms with Gasteiger partial charge in [0.1, 0.15) is 5.03 Å². The summed E-state index contributed by atoms with van der Waals surface area (Å²) in [5, 5.41) is -0.0152. The summed E-state index contributed by atoms with van der Waals surface area (Å²) in [7, 11) is 0. The van der Waals surface area contributed by atoms with E-state index in [0.717, 1.165) is 22.1 Å². The molecule has 2 rings (SSSR count). The number of nitrogens with zero attached hydrogens (tertiary/aromatic N) is 1. The van der Waals surface area contributed by atoms with Crippen molar-refractivity contribution in [2.45, 2.75) is 13.5 Å². The Kier molecular flexibility index (Phi) is 2.79. The topological polar surface area (TPSA) is 37.4 Å². The maximum absolute atomic E-state index is 11.5. The van der Waals surface area contributed by atoms with Crippen LogP contribution in [-0.2, 0) is 16.1 Å².